The molecule has 14 nitrogen and oxygen atoms in total. The predicted molar refractivity (Wildman–Crippen MR) is 166 cm³/mol. The van der Waals surface area contributed by atoms with Crippen LogP contribution in [0.2, 0.25) is 0 Å². The van der Waals surface area contributed by atoms with Gasteiger partial charge in [-0.25, -0.2) is 9.97 Å². The number of hydrogen-bond donors (Lipinski definition) is 4. The molecule has 5 heterocycles. The first kappa shape index (κ1) is 28.5. The van der Waals surface area contributed by atoms with Crippen LogP contribution in [0.1, 0.15) is 41.1 Å². The number of benzene rings is 1. The van der Waals surface area contributed by atoms with Crippen molar-refractivity contribution in [2.75, 3.05) is 30.3 Å². The fourth-order valence-corrected chi connectivity index (χ4v) is 5.44. The fraction of sp³-hybridized carbons (Fsp3) is 0.355. The Kier molecular flexibility index (Phi) is 7.41. The van der Waals surface area contributed by atoms with Gasteiger partial charge in [0.2, 0.25) is 17.6 Å². The van der Waals surface area contributed by atoms with E-state index in [0.29, 0.717) is 37.0 Å². The molecule has 0 radical (unpaired) electrons. The SMILES string of the molecule is Cc1cnc(Nc2cc(C)n(C)n2)nc1-c1c[nH]c2c(NC(=O)CN3CCC(Oc4ncc(C(=O)NC5CC5)o4)C3)cccc12. The number of carbonyl (C=O) groups excluding carboxylic acids is 2. The number of oxazole rings is 1. The number of nitrogens with zero attached hydrogens (tertiary/aromatic N) is 6. The zero-order chi connectivity index (χ0) is 31.1. The highest BCUT2D eigenvalue weighted by Gasteiger charge is 2.29. The Morgan fingerprint density at radius 1 is 1.16 bits per heavy atom. The molecule has 1 atom stereocenters. The Hall–Kier alpha value is -5.24. The summed E-state index contributed by atoms with van der Waals surface area (Å²) in [6.45, 7) is 5.38. The maximum Gasteiger partial charge on any atom is 0.394 e. The molecule has 1 saturated carbocycles. The van der Waals surface area contributed by atoms with Crippen molar-refractivity contribution in [3.8, 4) is 17.3 Å². The van der Waals surface area contributed by atoms with Crippen LogP contribution in [0.3, 0.4) is 0 Å². The lowest BCUT2D eigenvalue weighted by Gasteiger charge is -2.16. The molecular weight excluding hydrogens is 576 g/mol. The number of anilines is 3. The van der Waals surface area contributed by atoms with Crippen molar-refractivity contribution in [1.29, 1.82) is 0 Å². The van der Waals surface area contributed by atoms with Gasteiger partial charge in [0.25, 0.3) is 5.91 Å². The molecule has 5 aromatic rings. The number of likely N-dealkylation sites (tertiary alicyclic amines) is 1. The molecule has 2 amide bonds. The van der Waals surface area contributed by atoms with Crippen LogP contribution < -0.4 is 20.7 Å². The van der Waals surface area contributed by atoms with E-state index < -0.39 is 0 Å². The summed E-state index contributed by atoms with van der Waals surface area (Å²) in [5.74, 6) is 0.842. The van der Waals surface area contributed by atoms with Gasteiger partial charge in [0.05, 0.1) is 29.6 Å². The summed E-state index contributed by atoms with van der Waals surface area (Å²) in [7, 11) is 1.88. The molecule has 4 N–H and O–H groups in total. The molecule has 1 saturated heterocycles. The number of ether oxygens (including phenoxy) is 1. The van der Waals surface area contributed by atoms with Crippen molar-refractivity contribution in [2.45, 2.75) is 45.3 Å². The molecular formula is C31H34N10O4. The average Bonchev–Trinajstić information content (AvgIpc) is 3.35. The first-order chi connectivity index (χ1) is 21.8. The molecule has 1 aliphatic carbocycles. The lowest BCUT2D eigenvalue weighted by molar-refractivity contribution is -0.117. The van der Waals surface area contributed by atoms with E-state index in [9.17, 15) is 9.59 Å². The second-order valence-corrected chi connectivity index (χ2v) is 11.6. The van der Waals surface area contributed by atoms with Crippen molar-refractivity contribution in [2.24, 2.45) is 7.05 Å². The maximum atomic E-state index is 13.1. The third kappa shape index (κ3) is 6.22. The quantitative estimate of drug-likeness (QED) is 0.183. The van der Waals surface area contributed by atoms with Crippen molar-refractivity contribution >= 4 is 40.2 Å². The number of aromatic amines is 1. The lowest BCUT2D eigenvalue weighted by Crippen LogP contribution is -2.33. The third-order valence-corrected chi connectivity index (χ3v) is 8.05. The number of aryl methyl sites for hydroxylation is 3. The minimum atomic E-state index is -0.279. The van der Waals surface area contributed by atoms with Gasteiger partial charge in [0.15, 0.2) is 5.82 Å². The molecule has 14 heteroatoms. The van der Waals surface area contributed by atoms with Gasteiger partial charge in [-0.15, -0.1) is 0 Å². The van der Waals surface area contributed by atoms with Crippen molar-refractivity contribution in [1.82, 2.24) is 39.9 Å². The second-order valence-electron chi connectivity index (χ2n) is 11.6. The van der Waals surface area contributed by atoms with E-state index in [1.807, 2.05) is 56.3 Å². The number of aromatic nitrogens is 6. The highest BCUT2D eigenvalue weighted by molar-refractivity contribution is 6.06. The van der Waals surface area contributed by atoms with Gasteiger partial charge in [-0.2, -0.15) is 10.1 Å². The van der Waals surface area contributed by atoms with Crippen LogP contribution in [0, 0.1) is 13.8 Å². The standard InChI is InChI=1S/C31H34N10O4/c1-17-12-33-30(37-25-11-18(2)40(3)39-25)38-27(17)22-13-32-28-21(22)5-4-6-23(28)36-26(42)16-41-10-9-20(15-41)44-31-34-14-24(45-31)29(43)35-19-7-8-19/h4-6,11-14,19-20,32H,7-10,15-16H2,1-3H3,(H,35,43)(H,36,42)(H,33,37,38,39). The molecule has 4 aromatic heterocycles. The number of amides is 2. The van der Waals surface area contributed by atoms with Crippen molar-refractivity contribution < 1.29 is 18.7 Å². The van der Waals surface area contributed by atoms with E-state index in [1.165, 1.54) is 6.20 Å². The van der Waals surface area contributed by atoms with Gasteiger partial charge in [-0.3, -0.25) is 19.2 Å². The van der Waals surface area contributed by atoms with E-state index >= 15 is 0 Å². The van der Waals surface area contributed by atoms with E-state index in [1.54, 1.807) is 10.9 Å². The number of para-hydroxylation sites is 1. The summed E-state index contributed by atoms with van der Waals surface area (Å²) in [6, 6.07) is 7.95. The van der Waals surface area contributed by atoms with Crippen molar-refractivity contribution in [3.05, 3.63) is 59.9 Å². The molecule has 0 bridgehead atoms. The fourth-order valence-electron chi connectivity index (χ4n) is 5.44. The average molecular weight is 611 g/mol. The Bertz CT molecular complexity index is 1870. The molecule has 1 aromatic carbocycles. The van der Waals surface area contributed by atoms with Crippen LogP contribution in [0.5, 0.6) is 6.08 Å². The summed E-state index contributed by atoms with van der Waals surface area (Å²) in [6.07, 6.45) is 7.63. The van der Waals surface area contributed by atoms with E-state index in [0.717, 1.165) is 46.3 Å². The van der Waals surface area contributed by atoms with Crippen molar-refractivity contribution in [3.63, 3.8) is 0 Å². The minimum Gasteiger partial charge on any atom is -0.445 e. The highest BCUT2D eigenvalue weighted by Crippen LogP contribution is 2.33. The maximum absolute atomic E-state index is 13.1. The van der Waals surface area contributed by atoms with Crippen LogP contribution in [-0.4, -0.2) is 78.2 Å². The van der Waals surface area contributed by atoms with Crippen LogP contribution in [0.25, 0.3) is 22.2 Å². The number of carbonyl (C=O) groups is 2. The molecule has 2 fully saturated rings. The lowest BCUT2D eigenvalue weighted by atomic mass is 10.1. The van der Waals surface area contributed by atoms with Gasteiger partial charge >= 0.3 is 6.08 Å². The monoisotopic (exact) mass is 610 g/mol. The Balaban J connectivity index is 0.985. The summed E-state index contributed by atoms with van der Waals surface area (Å²) in [5, 5.41) is 14.5. The Labute approximate surface area is 258 Å². The van der Waals surface area contributed by atoms with Gasteiger partial charge in [0, 0.05) is 61.3 Å². The molecule has 7 rings (SSSR count). The number of H-pyrrole nitrogens is 1. The van der Waals surface area contributed by atoms with Gasteiger partial charge in [-0.1, -0.05) is 12.1 Å². The normalized spacial score (nSPS) is 16.6. The molecule has 232 valence electrons. The number of rotatable bonds is 10. The van der Waals surface area contributed by atoms with Gasteiger partial charge in [-0.05, 0) is 44.7 Å². The van der Waals surface area contributed by atoms with Gasteiger partial charge in [0.1, 0.15) is 6.10 Å². The molecule has 0 spiro atoms. The first-order valence-electron chi connectivity index (χ1n) is 15.0. The van der Waals surface area contributed by atoms with E-state index in [2.05, 4.69) is 36.0 Å². The zero-order valence-electron chi connectivity index (χ0n) is 25.3. The van der Waals surface area contributed by atoms with Crippen LogP contribution >= 0.6 is 0 Å². The summed E-state index contributed by atoms with van der Waals surface area (Å²) in [4.78, 5) is 43.9. The third-order valence-electron chi connectivity index (χ3n) is 8.05. The van der Waals surface area contributed by atoms with Crippen LogP contribution in [0.4, 0.5) is 17.5 Å². The van der Waals surface area contributed by atoms with E-state index in [4.69, 9.17) is 14.1 Å². The van der Waals surface area contributed by atoms with Crippen LogP contribution in [-0.2, 0) is 11.8 Å². The summed E-state index contributed by atoms with van der Waals surface area (Å²) in [5.41, 5.74) is 5.11. The predicted octanol–water partition coefficient (Wildman–Crippen LogP) is 3.69. The Morgan fingerprint density at radius 3 is 2.82 bits per heavy atom. The first-order valence-corrected chi connectivity index (χ1v) is 15.0. The zero-order valence-corrected chi connectivity index (χ0v) is 25.3. The van der Waals surface area contributed by atoms with E-state index in [-0.39, 0.29) is 42.3 Å². The molecule has 2 aliphatic rings. The molecule has 45 heavy (non-hydrogen) atoms. The summed E-state index contributed by atoms with van der Waals surface area (Å²) >= 11 is 0. The Morgan fingerprint density at radius 2 is 2.02 bits per heavy atom. The minimum absolute atomic E-state index is 0.0649. The molecule has 1 aliphatic heterocycles. The largest absolute Gasteiger partial charge is 0.445 e. The number of nitrogens with one attached hydrogen (secondary N) is 4. The smallest absolute Gasteiger partial charge is 0.394 e. The second kappa shape index (κ2) is 11.7. The van der Waals surface area contributed by atoms with Gasteiger partial charge < -0.3 is 30.1 Å². The molecule has 1 unspecified atom stereocenters. The van der Waals surface area contributed by atoms with Crippen LogP contribution in [0.15, 0.2) is 47.3 Å². The highest BCUT2D eigenvalue weighted by atomic mass is 16.6. The topological polar surface area (TPSA) is 168 Å². The summed E-state index contributed by atoms with van der Waals surface area (Å²) < 4.78 is 13.1. The number of hydrogen-bond acceptors (Lipinski definition) is 10. The number of fused-ring (bicyclic) bond motifs is 1.